The minimum Gasteiger partial charge on any atom is -0.496 e. The molecule has 0 spiro atoms. The van der Waals surface area contributed by atoms with E-state index in [1.165, 1.54) is 0 Å². The van der Waals surface area contributed by atoms with Crippen molar-refractivity contribution >= 4 is 17.5 Å². The molecule has 0 saturated heterocycles. The summed E-state index contributed by atoms with van der Waals surface area (Å²) in [5.74, 6) is 0.0324. The smallest absolute Gasteiger partial charge is 0.248 e. The average Bonchev–Trinajstić information content (AvgIpc) is 2.54. The molecule has 0 heterocycles. The standard InChI is InChI=1S/C20H24N2O3/c1-20(2,3)15-7-10-17(25-4)14(11-15)12-18(23)22-16-8-5-13(6-9-16)19(21)24/h5-11H,12H2,1-4H3,(H2,21,24)(H,22,23). The molecule has 25 heavy (non-hydrogen) atoms. The zero-order chi connectivity index (χ0) is 18.6. The van der Waals surface area contributed by atoms with Gasteiger partial charge < -0.3 is 15.8 Å². The number of methoxy groups -OCH3 is 1. The molecule has 0 aliphatic rings. The minimum atomic E-state index is -0.499. The van der Waals surface area contributed by atoms with E-state index in [1.807, 2.05) is 18.2 Å². The van der Waals surface area contributed by atoms with Crippen LogP contribution in [0.1, 0.15) is 42.3 Å². The number of benzene rings is 2. The summed E-state index contributed by atoms with van der Waals surface area (Å²) in [4.78, 5) is 23.5. The molecule has 2 aromatic carbocycles. The number of ether oxygens (including phenoxy) is 1. The highest BCUT2D eigenvalue weighted by Crippen LogP contribution is 2.28. The van der Waals surface area contributed by atoms with E-state index >= 15 is 0 Å². The van der Waals surface area contributed by atoms with Crippen LogP contribution < -0.4 is 15.8 Å². The van der Waals surface area contributed by atoms with Crippen LogP contribution in [0.25, 0.3) is 0 Å². The lowest BCUT2D eigenvalue weighted by Crippen LogP contribution is -2.17. The van der Waals surface area contributed by atoms with E-state index in [4.69, 9.17) is 10.5 Å². The molecular weight excluding hydrogens is 316 g/mol. The second-order valence-corrected chi connectivity index (χ2v) is 6.94. The molecule has 0 bridgehead atoms. The monoisotopic (exact) mass is 340 g/mol. The zero-order valence-corrected chi connectivity index (χ0v) is 15.1. The summed E-state index contributed by atoms with van der Waals surface area (Å²) in [5.41, 5.74) is 8.18. The highest BCUT2D eigenvalue weighted by atomic mass is 16.5. The number of nitrogens with one attached hydrogen (secondary N) is 1. The van der Waals surface area contributed by atoms with Gasteiger partial charge in [-0.2, -0.15) is 0 Å². The van der Waals surface area contributed by atoms with Crippen molar-refractivity contribution in [3.05, 3.63) is 59.2 Å². The van der Waals surface area contributed by atoms with E-state index in [2.05, 4.69) is 26.1 Å². The van der Waals surface area contributed by atoms with E-state index in [0.29, 0.717) is 17.0 Å². The predicted octanol–water partition coefficient (Wildman–Crippen LogP) is 3.27. The fourth-order valence-corrected chi connectivity index (χ4v) is 2.48. The normalized spacial score (nSPS) is 11.0. The molecule has 0 saturated carbocycles. The maximum atomic E-state index is 12.4. The van der Waals surface area contributed by atoms with Crippen LogP contribution in [0.2, 0.25) is 0 Å². The second-order valence-electron chi connectivity index (χ2n) is 6.94. The summed E-state index contributed by atoms with van der Waals surface area (Å²) in [5, 5.41) is 2.82. The van der Waals surface area contributed by atoms with Crippen LogP contribution in [-0.2, 0) is 16.6 Å². The van der Waals surface area contributed by atoms with Crippen LogP contribution in [0.3, 0.4) is 0 Å². The molecule has 0 unspecified atom stereocenters. The lowest BCUT2D eigenvalue weighted by molar-refractivity contribution is -0.115. The number of nitrogens with two attached hydrogens (primary N) is 1. The van der Waals surface area contributed by atoms with Crippen molar-refractivity contribution in [2.75, 3.05) is 12.4 Å². The van der Waals surface area contributed by atoms with Gasteiger partial charge >= 0.3 is 0 Å². The maximum absolute atomic E-state index is 12.4. The third-order valence-electron chi connectivity index (χ3n) is 3.95. The number of anilines is 1. The van der Waals surface area contributed by atoms with Crippen molar-refractivity contribution in [3.63, 3.8) is 0 Å². The minimum absolute atomic E-state index is 0.0118. The van der Waals surface area contributed by atoms with Crippen molar-refractivity contribution in [1.29, 1.82) is 0 Å². The zero-order valence-electron chi connectivity index (χ0n) is 15.1. The summed E-state index contributed by atoms with van der Waals surface area (Å²) in [6.45, 7) is 6.37. The van der Waals surface area contributed by atoms with Crippen molar-refractivity contribution in [1.82, 2.24) is 0 Å². The predicted molar refractivity (Wildman–Crippen MR) is 99.0 cm³/mol. The van der Waals surface area contributed by atoms with Crippen LogP contribution in [0, 0.1) is 0 Å². The lowest BCUT2D eigenvalue weighted by Gasteiger charge is -2.21. The lowest BCUT2D eigenvalue weighted by atomic mass is 9.85. The number of carbonyl (C=O) groups excluding carboxylic acids is 2. The Balaban J connectivity index is 2.15. The third-order valence-corrected chi connectivity index (χ3v) is 3.95. The van der Waals surface area contributed by atoms with Gasteiger partial charge in [0.05, 0.1) is 13.5 Å². The van der Waals surface area contributed by atoms with Gasteiger partial charge in [-0.1, -0.05) is 32.9 Å². The van der Waals surface area contributed by atoms with Crippen molar-refractivity contribution in [2.45, 2.75) is 32.6 Å². The Kier molecular flexibility index (Phi) is 5.47. The fraction of sp³-hybridized carbons (Fsp3) is 0.300. The summed E-state index contributed by atoms with van der Waals surface area (Å²) >= 11 is 0. The van der Waals surface area contributed by atoms with Gasteiger partial charge in [-0.3, -0.25) is 9.59 Å². The molecule has 0 atom stereocenters. The molecular formula is C20H24N2O3. The Bertz CT molecular complexity index is 775. The van der Waals surface area contributed by atoms with E-state index in [1.54, 1.807) is 31.4 Å². The number of carbonyl (C=O) groups is 2. The molecule has 132 valence electrons. The van der Waals surface area contributed by atoms with Crippen LogP contribution in [-0.4, -0.2) is 18.9 Å². The first-order valence-electron chi connectivity index (χ1n) is 8.08. The quantitative estimate of drug-likeness (QED) is 0.876. The molecule has 2 rings (SSSR count). The molecule has 0 aromatic heterocycles. The van der Waals surface area contributed by atoms with Crippen LogP contribution in [0.15, 0.2) is 42.5 Å². The molecule has 2 aromatic rings. The van der Waals surface area contributed by atoms with Crippen LogP contribution >= 0.6 is 0 Å². The van der Waals surface area contributed by atoms with E-state index in [-0.39, 0.29) is 17.7 Å². The van der Waals surface area contributed by atoms with Gasteiger partial charge in [-0.25, -0.2) is 0 Å². The van der Waals surface area contributed by atoms with Gasteiger partial charge in [0.15, 0.2) is 0 Å². The Morgan fingerprint density at radius 2 is 1.72 bits per heavy atom. The number of hydrogen-bond donors (Lipinski definition) is 2. The molecule has 0 radical (unpaired) electrons. The maximum Gasteiger partial charge on any atom is 0.248 e. The van der Waals surface area contributed by atoms with Gasteiger partial charge in [0.2, 0.25) is 11.8 Å². The number of hydrogen-bond acceptors (Lipinski definition) is 3. The fourth-order valence-electron chi connectivity index (χ4n) is 2.48. The van der Waals surface area contributed by atoms with E-state index < -0.39 is 5.91 Å². The first kappa shape index (κ1) is 18.5. The Morgan fingerprint density at radius 1 is 1.08 bits per heavy atom. The van der Waals surface area contributed by atoms with Gasteiger partial charge in [0.25, 0.3) is 0 Å². The Labute approximate surface area is 148 Å². The molecule has 5 heteroatoms. The highest BCUT2D eigenvalue weighted by molar-refractivity contribution is 5.95. The Hall–Kier alpha value is -2.82. The summed E-state index contributed by atoms with van der Waals surface area (Å²) in [6, 6.07) is 12.4. The van der Waals surface area contributed by atoms with Gasteiger partial charge in [-0.05, 0) is 41.3 Å². The van der Waals surface area contributed by atoms with Gasteiger partial charge in [-0.15, -0.1) is 0 Å². The van der Waals surface area contributed by atoms with E-state index in [9.17, 15) is 9.59 Å². The molecule has 0 aliphatic carbocycles. The SMILES string of the molecule is COc1ccc(C(C)(C)C)cc1CC(=O)Nc1ccc(C(N)=O)cc1. The molecule has 0 aliphatic heterocycles. The topological polar surface area (TPSA) is 81.4 Å². The largest absolute Gasteiger partial charge is 0.496 e. The van der Waals surface area contributed by atoms with Crippen molar-refractivity contribution < 1.29 is 14.3 Å². The van der Waals surface area contributed by atoms with E-state index in [0.717, 1.165) is 11.1 Å². The third kappa shape index (κ3) is 4.83. The Morgan fingerprint density at radius 3 is 2.24 bits per heavy atom. The van der Waals surface area contributed by atoms with Crippen LogP contribution in [0.4, 0.5) is 5.69 Å². The molecule has 5 nitrogen and oxygen atoms in total. The molecule has 0 fully saturated rings. The van der Waals surface area contributed by atoms with Gasteiger partial charge in [0.1, 0.15) is 5.75 Å². The van der Waals surface area contributed by atoms with Crippen molar-refractivity contribution in [2.24, 2.45) is 5.73 Å². The first-order chi connectivity index (χ1) is 11.7. The second kappa shape index (κ2) is 7.38. The average molecular weight is 340 g/mol. The van der Waals surface area contributed by atoms with Gasteiger partial charge in [0, 0.05) is 16.8 Å². The summed E-state index contributed by atoms with van der Waals surface area (Å²) in [7, 11) is 1.59. The highest BCUT2D eigenvalue weighted by Gasteiger charge is 2.17. The molecule has 3 N–H and O–H groups in total. The summed E-state index contributed by atoms with van der Waals surface area (Å²) in [6.07, 6.45) is 0.199. The number of rotatable bonds is 5. The number of amides is 2. The number of primary amides is 1. The first-order valence-corrected chi connectivity index (χ1v) is 8.08. The van der Waals surface area contributed by atoms with Crippen molar-refractivity contribution in [3.8, 4) is 5.75 Å². The van der Waals surface area contributed by atoms with Crippen LogP contribution in [0.5, 0.6) is 5.75 Å². The summed E-state index contributed by atoms with van der Waals surface area (Å²) < 4.78 is 5.37. The molecule has 2 amide bonds.